The highest BCUT2D eigenvalue weighted by molar-refractivity contribution is 6.04. The molecule has 2 N–H and O–H groups in total. The Morgan fingerprint density at radius 2 is 2.15 bits per heavy atom. The highest BCUT2D eigenvalue weighted by atomic mass is 16.5. The van der Waals surface area contributed by atoms with Crippen molar-refractivity contribution in [1.82, 2.24) is 15.2 Å². The molecule has 0 saturated heterocycles. The van der Waals surface area contributed by atoms with E-state index in [9.17, 15) is 4.79 Å². The number of anilines is 1. The molecule has 132 valence electrons. The van der Waals surface area contributed by atoms with Gasteiger partial charge in [0.1, 0.15) is 11.4 Å². The Hall–Kier alpha value is -3.15. The molecule has 0 unspecified atom stereocenters. The molecule has 26 heavy (non-hydrogen) atoms. The van der Waals surface area contributed by atoms with E-state index in [1.165, 1.54) is 12.8 Å². The number of nitrogens with zero attached hydrogens (tertiary/aromatic N) is 2. The van der Waals surface area contributed by atoms with Crippen molar-refractivity contribution in [1.29, 1.82) is 0 Å². The monoisotopic (exact) mass is 348 g/mol. The number of aromatic amines is 1. The van der Waals surface area contributed by atoms with Gasteiger partial charge in [0, 0.05) is 6.20 Å². The van der Waals surface area contributed by atoms with Crippen LogP contribution in [0.3, 0.4) is 0 Å². The number of carbonyl (C=O) groups is 1. The molecule has 1 amide bonds. The molecule has 6 heteroatoms. The van der Waals surface area contributed by atoms with Crippen molar-refractivity contribution in [3.05, 3.63) is 59.9 Å². The number of hydrogen-bond donors (Lipinski definition) is 2. The summed E-state index contributed by atoms with van der Waals surface area (Å²) in [5.41, 5.74) is 3.53. The molecule has 0 aliphatic heterocycles. The van der Waals surface area contributed by atoms with E-state index >= 15 is 0 Å². The normalized spacial score (nSPS) is 13.4. The number of aromatic nitrogens is 3. The molecular formula is C20H20N4O2. The Balaban J connectivity index is 1.53. The Kier molecular flexibility index (Phi) is 4.39. The number of pyridine rings is 1. The topological polar surface area (TPSA) is 79.9 Å². The van der Waals surface area contributed by atoms with E-state index in [0.717, 1.165) is 11.3 Å². The number of rotatable bonds is 6. The second kappa shape index (κ2) is 7.00. The lowest BCUT2D eigenvalue weighted by Crippen LogP contribution is -2.15. The maximum absolute atomic E-state index is 12.7. The van der Waals surface area contributed by atoms with Gasteiger partial charge in [-0.15, -0.1) is 0 Å². The third-order valence-electron chi connectivity index (χ3n) is 4.32. The standard InChI is InChI=1S/C20H20N4O2/c1-13-5-8-17(19(11-13)26-12-14-6-7-14)23-20(25)18-4-2-3-15(22-18)16-9-10-21-24-16/h2-5,8-11,14H,6-7,12H2,1H3,(H,21,24)(H,23,25). The minimum atomic E-state index is -0.272. The zero-order chi connectivity index (χ0) is 17.9. The smallest absolute Gasteiger partial charge is 0.274 e. The fraction of sp³-hybridized carbons (Fsp3) is 0.250. The van der Waals surface area contributed by atoms with Gasteiger partial charge in [-0.1, -0.05) is 12.1 Å². The third-order valence-corrected chi connectivity index (χ3v) is 4.32. The van der Waals surface area contributed by atoms with E-state index in [0.29, 0.717) is 35.3 Å². The number of ether oxygens (including phenoxy) is 1. The molecule has 1 aromatic carbocycles. The van der Waals surface area contributed by atoms with E-state index in [1.54, 1.807) is 18.3 Å². The van der Waals surface area contributed by atoms with Crippen LogP contribution in [0.1, 0.15) is 28.9 Å². The molecule has 1 saturated carbocycles. The van der Waals surface area contributed by atoms with Crippen molar-refractivity contribution in [3.8, 4) is 17.1 Å². The maximum Gasteiger partial charge on any atom is 0.274 e. The van der Waals surface area contributed by atoms with Crippen molar-refractivity contribution >= 4 is 11.6 Å². The highest BCUT2D eigenvalue weighted by Crippen LogP contribution is 2.32. The van der Waals surface area contributed by atoms with Crippen LogP contribution in [0.2, 0.25) is 0 Å². The third kappa shape index (κ3) is 3.74. The van der Waals surface area contributed by atoms with E-state index in [-0.39, 0.29) is 5.91 Å². The molecule has 2 heterocycles. The molecule has 0 atom stereocenters. The summed E-state index contributed by atoms with van der Waals surface area (Å²) in [6.45, 7) is 2.70. The van der Waals surface area contributed by atoms with Gasteiger partial charge < -0.3 is 10.1 Å². The molecule has 0 bridgehead atoms. The molecule has 3 aromatic rings. The molecule has 2 aromatic heterocycles. The number of benzene rings is 1. The summed E-state index contributed by atoms with van der Waals surface area (Å²) in [7, 11) is 0. The molecular weight excluding hydrogens is 328 g/mol. The molecule has 0 radical (unpaired) electrons. The summed E-state index contributed by atoms with van der Waals surface area (Å²) >= 11 is 0. The fourth-order valence-electron chi connectivity index (χ4n) is 2.64. The number of amides is 1. The first-order chi connectivity index (χ1) is 12.7. The minimum absolute atomic E-state index is 0.272. The van der Waals surface area contributed by atoms with Crippen LogP contribution in [0, 0.1) is 12.8 Å². The Bertz CT molecular complexity index is 917. The average molecular weight is 348 g/mol. The van der Waals surface area contributed by atoms with Crippen molar-refractivity contribution < 1.29 is 9.53 Å². The van der Waals surface area contributed by atoms with Crippen LogP contribution in [0.25, 0.3) is 11.4 Å². The summed E-state index contributed by atoms with van der Waals surface area (Å²) in [6.07, 6.45) is 4.09. The SMILES string of the molecule is Cc1ccc(NC(=O)c2cccc(-c3ccn[nH]3)n2)c(OCC2CC2)c1. The van der Waals surface area contributed by atoms with Crippen LogP contribution in [0.4, 0.5) is 5.69 Å². The summed E-state index contributed by atoms with van der Waals surface area (Å²) in [5.74, 6) is 1.08. The number of carbonyl (C=O) groups excluding carboxylic acids is 1. The van der Waals surface area contributed by atoms with Crippen molar-refractivity contribution in [2.45, 2.75) is 19.8 Å². The van der Waals surface area contributed by atoms with Crippen LogP contribution < -0.4 is 10.1 Å². The first-order valence-electron chi connectivity index (χ1n) is 8.70. The van der Waals surface area contributed by atoms with E-state index < -0.39 is 0 Å². The Morgan fingerprint density at radius 3 is 2.92 bits per heavy atom. The van der Waals surface area contributed by atoms with Crippen LogP contribution >= 0.6 is 0 Å². The van der Waals surface area contributed by atoms with E-state index in [4.69, 9.17) is 4.74 Å². The molecule has 6 nitrogen and oxygen atoms in total. The summed E-state index contributed by atoms with van der Waals surface area (Å²) in [6, 6.07) is 12.9. The predicted octanol–water partition coefficient (Wildman–Crippen LogP) is 3.82. The Morgan fingerprint density at radius 1 is 1.27 bits per heavy atom. The first kappa shape index (κ1) is 16.3. The lowest BCUT2D eigenvalue weighted by Gasteiger charge is -2.13. The van der Waals surface area contributed by atoms with Gasteiger partial charge in [-0.2, -0.15) is 5.10 Å². The van der Waals surface area contributed by atoms with E-state index in [2.05, 4.69) is 20.5 Å². The molecule has 1 aliphatic carbocycles. The second-order valence-corrected chi connectivity index (χ2v) is 6.59. The molecule has 0 spiro atoms. The highest BCUT2D eigenvalue weighted by Gasteiger charge is 2.22. The average Bonchev–Trinajstić information content (AvgIpc) is 3.32. The lowest BCUT2D eigenvalue weighted by atomic mass is 10.2. The number of aryl methyl sites for hydroxylation is 1. The van der Waals surface area contributed by atoms with Gasteiger partial charge >= 0.3 is 0 Å². The zero-order valence-electron chi connectivity index (χ0n) is 14.5. The predicted molar refractivity (Wildman–Crippen MR) is 99.2 cm³/mol. The summed E-state index contributed by atoms with van der Waals surface area (Å²) < 4.78 is 5.91. The van der Waals surface area contributed by atoms with Crippen molar-refractivity contribution in [3.63, 3.8) is 0 Å². The zero-order valence-corrected chi connectivity index (χ0v) is 14.5. The summed E-state index contributed by atoms with van der Waals surface area (Å²) in [4.78, 5) is 17.1. The largest absolute Gasteiger partial charge is 0.491 e. The van der Waals surface area contributed by atoms with Gasteiger partial charge in [-0.05, 0) is 61.6 Å². The van der Waals surface area contributed by atoms with Crippen molar-refractivity contribution in [2.24, 2.45) is 5.92 Å². The lowest BCUT2D eigenvalue weighted by molar-refractivity contribution is 0.102. The first-order valence-corrected chi connectivity index (χ1v) is 8.70. The van der Waals surface area contributed by atoms with Gasteiger partial charge in [-0.3, -0.25) is 9.89 Å². The van der Waals surface area contributed by atoms with Crippen molar-refractivity contribution in [2.75, 3.05) is 11.9 Å². The molecule has 4 rings (SSSR count). The quantitative estimate of drug-likeness (QED) is 0.710. The van der Waals surface area contributed by atoms with Gasteiger partial charge in [0.25, 0.3) is 5.91 Å². The van der Waals surface area contributed by atoms with Gasteiger partial charge in [0.15, 0.2) is 0 Å². The number of H-pyrrole nitrogens is 1. The van der Waals surface area contributed by atoms with Crippen LogP contribution in [-0.2, 0) is 0 Å². The van der Waals surface area contributed by atoms with Crippen LogP contribution in [0.15, 0.2) is 48.7 Å². The second-order valence-electron chi connectivity index (χ2n) is 6.59. The minimum Gasteiger partial charge on any atom is -0.491 e. The van der Waals surface area contributed by atoms with Crippen LogP contribution in [-0.4, -0.2) is 27.7 Å². The maximum atomic E-state index is 12.7. The fourth-order valence-corrected chi connectivity index (χ4v) is 2.64. The number of hydrogen-bond acceptors (Lipinski definition) is 4. The van der Waals surface area contributed by atoms with Crippen LogP contribution in [0.5, 0.6) is 5.75 Å². The van der Waals surface area contributed by atoms with E-state index in [1.807, 2.05) is 37.3 Å². The number of nitrogens with one attached hydrogen (secondary N) is 2. The van der Waals surface area contributed by atoms with Gasteiger partial charge in [0.2, 0.25) is 0 Å². The summed E-state index contributed by atoms with van der Waals surface area (Å²) in [5, 5.41) is 9.69. The molecule has 1 aliphatic rings. The molecule has 1 fully saturated rings. The van der Waals surface area contributed by atoms with Gasteiger partial charge in [-0.25, -0.2) is 4.98 Å². The Labute approximate surface area is 151 Å². The van der Waals surface area contributed by atoms with Gasteiger partial charge in [0.05, 0.1) is 23.7 Å².